The molecule has 2 atom stereocenters. The van der Waals surface area contributed by atoms with Crippen LogP contribution in [0.15, 0.2) is 18.2 Å². The van der Waals surface area contributed by atoms with Crippen molar-refractivity contribution in [2.45, 2.75) is 36.2 Å². The quantitative estimate of drug-likeness (QED) is 0.758. The Balaban J connectivity index is 1.81. The molecule has 1 aromatic carbocycles. The van der Waals surface area contributed by atoms with Gasteiger partial charge in [-0.2, -0.15) is 11.8 Å². The maximum absolute atomic E-state index is 13.1. The highest BCUT2D eigenvalue weighted by atomic mass is 32.2. The van der Waals surface area contributed by atoms with Crippen molar-refractivity contribution in [3.63, 3.8) is 0 Å². The van der Waals surface area contributed by atoms with Gasteiger partial charge in [0.2, 0.25) is 0 Å². The molecule has 1 aromatic rings. The second-order valence-corrected chi connectivity index (χ2v) is 6.75. The normalized spacial score (nSPS) is 30.4. The van der Waals surface area contributed by atoms with Gasteiger partial charge >= 0.3 is 0 Å². The zero-order chi connectivity index (χ0) is 12.7. The number of fused-ring (bicyclic) bond motifs is 2. The van der Waals surface area contributed by atoms with Crippen LogP contribution in [0.2, 0.25) is 0 Å². The molecule has 2 bridgehead atoms. The standard InChI is InChI=1S/C14H14F2OS/c15-10-3-8(4-11(16)7-10)14(17)9-5-12-1-2-13(6-9)18-12/h3-4,7,9,12-13H,1-2,5-6H2. The molecule has 0 N–H and O–H groups in total. The van der Waals surface area contributed by atoms with Crippen molar-refractivity contribution >= 4 is 17.5 Å². The number of carbonyl (C=O) groups is 1. The van der Waals surface area contributed by atoms with E-state index in [4.69, 9.17) is 0 Å². The molecule has 96 valence electrons. The molecule has 2 aliphatic heterocycles. The molecule has 3 rings (SSSR count). The smallest absolute Gasteiger partial charge is 0.166 e. The van der Waals surface area contributed by atoms with Crippen molar-refractivity contribution in [2.75, 3.05) is 0 Å². The van der Waals surface area contributed by atoms with E-state index in [2.05, 4.69) is 0 Å². The topological polar surface area (TPSA) is 17.1 Å². The zero-order valence-corrected chi connectivity index (χ0v) is 10.7. The van der Waals surface area contributed by atoms with Crippen molar-refractivity contribution in [3.05, 3.63) is 35.4 Å². The highest BCUT2D eigenvalue weighted by Gasteiger charge is 2.37. The molecule has 2 saturated heterocycles. The molecule has 0 saturated carbocycles. The third-order valence-corrected chi connectivity index (χ3v) is 5.43. The van der Waals surface area contributed by atoms with E-state index in [0.29, 0.717) is 10.5 Å². The molecule has 0 aromatic heterocycles. The van der Waals surface area contributed by atoms with Gasteiger partial charge in [0, 0.05) is 28.0 Å². The minimum Gasteiger partial charge on any atom is -0.294 e. The summed E-state index contributed by atoms with van der Waals surface area (Å²) in [4.78, 5) is 12.3. The lowest BCUT2D eigenvalue weighted by molar-refractivity contribution is 0.0906. The fourth-order valence-corrected chi connectivity index (χ4v) is 4.78. The van der Waals surface area contributed by atoms with Gasteiger partial charge in [-0.05, 0) is 37.8 Å². The van der Waals surface area contributed by atoms with Crippen LogP contribution in [0.25, 0.3) is 0 Å². The van der Waals surface area contributed by atoms with Crippen molar-refractivity contribution in [1.29, 1.82) is 0 Å². The van der Waals surface area contributed by atoms with Crippen LogP contribution >= 0.6 is 11.8 Å². The Morgan fingerprint density at radius 2 is 1.61 bits per heavy atom. The molecular formula is C14H14F2OS. The lowest BCUT2D eigenvalue weighted by Gasteiger charge is -2.26. The third kappa shape index (κ3) is 2.30. The van der Waals surface area contributed by atoms with Crippen molar-refractivity contribution < 1.29 is 13.6 Å². The Morgan fingerprint density at radius 3 is 2.17 bits per heavy atom. The summed E-state index contributed by atoms with van der Waals surface area (Å²) in [5, 5.41) is 1.13. The molecule has 0 spiro atoms. The van der Waals surface area contributed by atoms with Gasteiger partial charge in [-0.25, -0.2) is 8.78 Å². The fraction of sp³-hybridized carbons (Fsp3) is 0.500. The monoisotopic (exact) mass is 268 g/mol. The van der Waals surface area contributed by atoms with Gasteiger partial charge in [0.05, 0.1) is 0 Å². The van der Waals surface area contributed by atoms with Gasteiger partial charge in [-0.3, -0.25) is 4.79 Å². The lowest BCUT2D eigenvalue weighted by Crippen LogP contribution is -2.25. The maximum atomic E-state index is 13.1. The molecule has 1 nitrogen and oxygen atoms in total. The number of hydrogen-bond donors (Lipinski definition) is 0. The second kappa shape index (κ2) is 4.65. The molecule has 2 heterocycles. The van der Waals surface area contributed by atoms with E-state index in [1.165, 1.54) is 12.8 Å². The van der Waals surface area contributed by atoms with E-state index < -0.39 is 11.6 Å². The molecule has 0 radical (unpaired) electrons. The Morgan fingerprint density at radius 1 is 1.06 bits per heavy atom. The van der Waals surface area contributed by atoms with Crippen molar-refractivity contribution in [2.24, 2.45) is 5.92 Å². The lowest BCUT2D eigenvalue weighted by atomic mass is 9.90. The first-order valence-electron chi connectivity index (χ1n) is 6.27. The maximum Gasteiger partial charge on any atom is 0.166 e. The first-order valence-corrected chi connectivity index (χ1v) is 7.22. The number of rotatable bonds is 2. The van der Waals surface area contributed by atoms with E-state index in [1.54, 1.807) is 0 Å². The largest absolute Gasteiger partial charge is 0.294 e. The summed E-state index contributed by atoms with van der Waals surface area (Å²) in [6.45, 7) is 0. The SMILES string of the molecule is O=C(c1cc(F)cc(F)c1)C1CC2CCC(C1)S2. The van der Waals surface area contributed by atoms with Gasteiger partial charge in [-0.1, -0.05) is 0 Å². The molecule has 18 heavy (non-hydrogen) atoms. The van der Waals surface area contributed by atoms with Crippen LogP contribution in [0, 0.1) is 17.6 Å². The Hall–Kier alpha value is -0.900. The van der Waals surface area contributed by atoms with Crippen LogP contribution in [0.3, 0.4) is 0 Å². The van der Waals surface area contributed by atoms with Crippen LogP contribution in [0.1, 0.15) is 36.0 Å². The third-order valence-electron chi connectivity index (χ3n) is 3.81. The molecule has 4 heteroatoms. The summed E-state index contributed by atoms with van der Waals surface area (Å²) >= 11 is 1.97. The first kappa shape index (κ1) is 12.2. The van der Waals surface area contributed by atoms with E-state index in [1.807, 2.05) is 11.8 Å². The molecular weight excluding hydrogens is 254 g/mol. The molecule has 2 fully saturated rings. The predicted octanol–water partition coefficient (Wildman–Crippen LogP) is 3.82. The molecule has 2 unspecified atom stereocenters. The van der Waals surface area contributed by atoms with Crippen molar-refractivity contribution in [3.8, 4) is 0 Å². The summed E-state index contributed by atoms with van der Waals surface area (Å²) in [6.07, 6.45) is 4.07. The molecule has 2 aliphatic rings. The summed E-state index contributed by atoms with van der Waals surface area (Å²) in [7, 11) is 0. The Kier molecular flexibility index (Phi) is 3.14. The predicted molar refractivity (Wildman–Crippen MR) is 67.8 cm³/mol. The van der Waals surface area contributed by atoms with Crippen LogP contribution in [-0.4, -0.2) is 16.3 Å². The average molecular weight is 268 g/mol. The molecule has 0 amide bonds. The highest BCUT2D eigenvalue weighted by Crippen LogP contribution is 2.46. The zero-order valence-electron chi connectivity index (χ0n) is 9.86. The summed E-state index contributed by atoms with van der Waals surface area (Å²) in [6, 6.07) is 3.10. The van der Waals surface area contributed by atoms with Gasteiger partial charge in [0.1, 0.15) is 11.6 Å². The number of hydrogen-bond acceptors (Lipinski definition) is 2. The first-order chi connectivity index (χ1) is 8.61. The minimum atomic E-state index is -0.675. The van der Waals surface area contributed by atoms with E-state index in [-0.39, 0.29) is 17.3 Å². The Bertz CT molecular complexity index is 456. The number of Topliss-reactive ketones (excluding diaryl/α,β-unsaturated/α-hetero) is 1. The number of carbonyl (C=O) groups excluding carboxylic acids is 1. The van der Waals surface area contributed by atoms with Crippen LogP contribution in [0.5, 0.6) is 0 Å². The average Bonchev–Trinajstić information content (AvgIpc) is 2.66. The summed E-state index contributed by atoms with van der Waals surface area (Å²) < 4.78 is 26.2. The van der Waals surface area contributed by atoms with Gasteiger partial charge in [0.15, 0.2) is 5.78 Å². The number of benzene rings is 1. The van der Waals surface area contributed by atoms with Crippen molar-refractivity contribution in [1.82, 2.24) is 0 Å². The summed E-state index contributed by atoms with van der Waals surface area (Å²) in [5.74, 6) is -1.49. The highest BCUT2D eigenvalue weighted by molar-refractivity contribution is 8.00. The van der Waals surface area contributed by atoms with E-state index >= 15 is 0 Å². The van der Waals surface area contributed by atoms with Gasteiger partial charge < -0.3 is 0 Å². The van der Waals surface area contributed by atoms with Gasteiger partial charge in [0.25, 0.3) is 0 Å². The van der Waals surface area contributed by atoms with E-state index in [0.717, 1.165) is 31.0 Å². The number of halogens is 2. The second-order valence-electron chi connectivity index (χ2n) is 5.15. The van der Waals surface area contributed by atoms with E-state index in [9.17, 15) is 13.6 Å². The van der Waals surface area contributed by atoms with Crippen LogP contribution < -0.4 is 0 Å². The summed E-state index contributed by atoms with van der Waals surface area (Å²) in [5.41, 5.74) is 0.184. The van der Waals surface area contributed by atoms with Crippen LogP contribution in [-0.2, 0) is 0 Å². The Labute approximate surface area is 109 Å². The number of thioether (sulfide) groups is 1. The van der Waals surface area contributed by atoms with Crippen LogP contribution in [0.4, 0.5) is 8.78 Å². The number of ketones is 1. The fourth-order valence-electron chi connectivity index (χ4n) is 3.00. The molecule has 0 aliphatic carbocycles. The minimum absolute atomic E-state index is 0.0510. The van der Waals surface area contributed by atoms with Gasteiger partial charge in [-0.15, -0.1) is 0 Å².